The first-order chi connectivity index (χ1) is 11.1. The van der Waals surface area contributed by atoms with Crippen molar-refractivity contribution in [2.24, 2.45) is 0 Å². The predicted molar refractivity (Wildman–Crippen MR) is 83.1 cm³/mol. The molecule has 2 aromatic rings. The standard InChI is InChI=1S/C17H14N2O4/c1-22-15-7-5-13(6-8-15)17(21)23-11-16(20)19-14-4-2-3-12(9-14)10-18/h2-9H,11H2,1H3,(H,19,20). The van der Waals surface area contributed by atoms with E-state index >= 15 is 0 Å². The van der Waals surface area contributed by atoms with Gasteiger partial charge in [-0.25, -0.2) is 4.79 Å². The second kappa shape index (κ2) is 7.61. The molecule has 0 aliphatic heterocycles. The Morgan fingerprint density at radius 1 is 1.17 bits per heavy atom. The van der Waals surface area contributed by atoms with Gasteiger partial charge in [0.15, 0.2) is 6.61 Å². The summed E-state index contributed by atoms with van der Waals surface area (Å²) in [6, 6.07) is 14.8. The van der Waals surface area contributed by atoms with E-state index in [2.05, 4.69) is 5.32 Å². The van der Waals surface area contributed by atoms with Crippen LogP contribution in [0, 0.1) is 11.3 Å². The van der Waals surface area contributed by atoms with E-state index in [-0.39, 0.29) is 0 Å². The molecule has 1 N–H and O–H groups in total. The first-order valence-corrected chi connectivity index (χ1v) is 6.73. The SMILES string of the molecule is COc1ccc(C(=O)OCC(=O)Nc2cccc(C#N)c2)cc1. The molecule has 2 rings (SSSR count). The Labute approximate surface area is 133 Å². The van der Waals surface area contributed by atoms with Crippen LogP contribution in [0.2, 0.25) is 0 Å². The number of benzene rings is 2. The fourth-order valence-electron chi connectivity index (χ4n) is 1.81. The first kappa shape index (κ1) is 16.0. The molecule has 0 bridgehead atoms. The van der Waals surface area contributed by atoms with Crippen LogP contribution in [-0.4, -0.2) is 25.6 Å². The minimum absolute atomic E-state index is 0.324. The van der Waals surface area contributed by atoms with Crippen LogP contribution in [0.25, 0.3) is 0 Å². The molecule has 6 heteroatoms. The molecule has 116 valence electrons. The average Bonchev–Trinajstić information content (AvgIpc) is 2.60. The van der Waals surface area contributed by atoms with E-state index in [0.29, 0.717) is 22.6 Å². The normalized spacial score (nSPS) is 9.57. The maximum atomic E-state index is 11.8. The smallest absolute Gasteiger partial charge is 0.338 e. The summed E-state index contributed by atoms with van der Waals surface area (Å²) >= 11 is 0. The molecule has 0 fully saturated rings. The van der Waals surface area contributed by atoms with E-state index in [9.17, 15) is 9.59 Å². The summed E-state index contributed by atoms with van der Waals surface area (Å²) in [4.78, 5) is 23.6. The lowest BCUT2D eigenvalue weighted by atomic mass is 10.2. The molecule has 6 nitrogen and oxygen atoms in total. The Kier molecular flexibility index (Phi) is 5.31. The molecule has 0 saturated carbocycles. The second-order valence-electron chi connectivity index (χ2n) is 4.55. The Morgan fingerprint density at radius 2 is 1.91 bits per heavy atom. The Balaban J connectivity index is 1.88. The number of nitrogens with zero attached hydrogens (tertiary/aromatic N) is 1. The van der Waals surface area contributed by atoms with Crippen LogP contribution in [0.15, 0.2) is 48.5 Å². The predicted octanol–water partition coefficient (Wildman–Crippen LogP) is 2.36. The highest BCUT2D eigenvalue weighted by Crippen LogP contribution is 2.12. The molecule has 0 aliphatic rings. The number of hydrogen-bond acceptors (Lipinski definition) is 5. The maximum Gasteiger partial charge on any atom is 0.338 e. The summed E-state index contributed by atoms with van der Waals surface area (Å²) in [6.07, 6.45) is 0. The Hall–Kier alpha value is -3.33. The van der Waals surface area contributed by atoms with E-state index in [4.69, 9.17) is 14.7 Å². The van der Waals surface area contributed by atoms with Crippen LogP contribution >= 0.6 is 0 Å². The van der Waals surface area contributed by atoms with Crippen molar-refractivity contribution in [3.05, 3.63) is 59.7 Å². The van der Waals surface area contributed by atoms with E-state index in [1.165, 1.54) is 13.2 Å². The van der Waals surface area contributed by atoms with Gasteiger partial charge >= 0.3 is 5.97 Å². The number of rotatable bonds is 5. The molecular formula is C17H14N2O4. The molecule has 0 spiro atoms. The molecule has 0 unspecified atom stereocenters. The van der Waals surface area contributed by atoms with Gasteiger partial charge in [-0.3, -0.25) is 4.79 Å². The van der Waals surface area contributed by atoms with Crippen LogP contribution in [-0.2, 0) is 9.53 Å². The molecule has 0 aromatic heterocycles. The van der Waals surface area contributed by atoms with Crippen molar-refractivity contribution in [1.29, 1.82) is 5.26 Å². The fourth-order valence-corrected chi connectivity index (χ4v) is 1.81. The Morgan fingerprint density at radius 3 is 2.57 bits per heavy atom. The zero-order valence-electron chi connectivity index (χ0n) is 12.4. The van der Waals surface area contributed by atoms with Gasteiger partial charge in [-0.2, -0.15) is 5.26 Å². The molecule has 0 saturated heterocycles. The summed E-state index contributed by atoms with van der Waals surface area (Å²) in [5, 5.41) is 11.3. The molecule has 1 amide bonds. The lowest BCUT2D eigenvalue weighted by molar-refractivity contribution is -0.119. The molecule has 2 aromatic carbocycles. The monoisotopic (exact) mass is 310 g/mol. The van der Waals surface area contributed by atoms with Crippen LogP contribution < -0.4 is 10.1 Å². The number of ether oxygens (including phenoxy) is 2. The molecule has 23 heavy (non-hydrogen) atoms. The third-order valence-electron chi connectivity index (χ3n) is 2.94. The van der Waals surface area contributed by atoms with Crippen molar-refractivity contribution >= 4 is 17.6 Å². The molecular weight excluding hydrogens is 296 g/mol. The minimum Gasteiger partial charge on any atom is -0.497 e. The van der Waals surface area contributed by atoms with Crippen molar-refractivity contribution < 1.29 is 19.1 Å². The third kappa shape index (κ3) is 4.58. The molecule has 0 atom stereocenters. The van der Waals surface area contributed by atoms with Crippen molar-refractivity contribution in [1.82, 2.24) is 0 Å². The highest BCUT2D eigenvalue weighted by molar-refractivity contribution is 5.95. The van der Waals surface area contributed by atoms with Crippen LogP contribution in [0.4, 0.5) is 5.69 Å². The van der Waals surface area contributed by atoms with Gasteiger partial charge in [-0.05, 0) is 42.5 Å². The van der Waals surface area contributed by atoms with Gasteiger partial charge in [0.1, 0.15) is 5.75 Å². The molecule has 0 heterocycles. The lowest BCUT2D eigenvalue weighted by Crippen LogP contribution is -2.20. The van der Waals surface area contributed by atoms with Crippen LogP contribution in [0.1, 0.15) is 15.9 Å². The van der Waals surface area contributed by atoms with Gasteiger partial charge in [-0.15, -0.1) is 0 Å². The van der Waals surface area contributed by atoms with E-state index in [1.807, 2.05) is 6.07 Å². The number of anilines is 1. The van der Waals surface area contributed by atoms with Crippen molar-refractivity contribution in [2.45, 2.75) is 0 Å². The van der Waals surface area contributed by atoms with E-state index in [1.54, 1.807) is 42.5 Å². The van der Waals surface area contributed by atoms with Gasteiger partial charge in [0, 0.05) is 5.69 Å². The van der Waals surface area contributed by atoms with Gasteiger partial charge in [-0.1, -0.05) is 6.07 Å². The molecule has 0 aliphatic carbocycles. The van der Waals surface area contributed by atoms with E-state index < -0.39 is 18.5 Å². The van der Waals surface area contributed by atoms with Crippen molar-refractivity contribution in [3.8, 4) is 11.8 Å². The number of esters is 1. The largest absolute Gasteiger partial charge is 0.497 e. The zero-order chi connectivity index (χ0) is 16.7. The second-order valence-corrected chi connectivity index (χ2v) is 4.55. The van der Waals surface area contributed by atoms with Crippen LogP contribution in [0.5, 0.6) is 5.75 Å². The number of methoxy groups -OCH3 is 1. The highest BCUT2D eigenvalue weighted by atomic mass is 16.5. The van der Waals surface area contributed by atoms with Gasteiger partial charge < -0.3 is 14.8 Å². The summed E-state index contributed by atoms with van der Waals surface area (Å²) in [5.41, 5.74) is 1.22. The third-order valence-corrected chi connectivity index (χ3v) is 2.94. The number of nitrogens with one attached hydrogen (secondary N) is 1. The number of nitriles is 1. The minimum atomic E-state index is -0.603. The average molecular weight is 310 g/mol. The number of amides is 1. The van der Waals surface area contributed by atoms with Crippen molar-refractivity contribution in [2.75, 3.05) is 19.0 Å². The van der Waals surface area contributed by atoms with Crippen LogP contribution in [0.3, 0.4) is 0 Å². The molecule has 0 radical (unpaired) electrons. The zero-order valence-corrected chi connectivity index (χ0v) is 12.4. The van der Waals surface area contributed by atoms with Crippen molar-refractivity contribution in [3.63, 3.8) is 0 Å². The first-order valence-electron chi connectivity index (χ1n) is 6.73. The topological polar surface area (TPSA) is 88.4 Å². The maximum absolute atomic E-state index is 11.8. The van der Waals surface area contributed by atoms with Gasteiger partial charge in [0.2, 0.25) is 0 Å². The summed E-state index contributed by atoms with van der Waals surface area (Å²) in [6.45, 7) is -0.415. The lowest BCUT2D eigenvalue weighted by Gasteiger charge is -2.07. The number of carbonyl (C=O) groups excluding carboxylic acids is 2. The van der Waals surface area contributed by atoms with Gasteiger partial charge in [0.25, 0.3) is 5.91 Å². The number of carbonyl (C=O) groups is 2. The summed E-state index contributed by atoms with van der Waals surface area (Å²) in [5.74, 6) is -0.466. The Bertz CT molecular complexity index is 748. The number of hydrogen-bond donors (Lipinski definition) is 1. The van der Waals surface area contributed by atoms with Gasteiger partial charge in [0.05, 0.1) is 24.3 Å². The highest BCUT2D eigenvalue weighted by Gasteiger charge is 2.10. The van der Waals surface area contributed by atoms with E-state index in [0.717, 1.165) is 0 Å². The summed E-state index contributed by atoms with van der Waals surface area (Å²) in [7, 11) is 1.53. The quantitative estimate of drug-likeness (QED) is 0.856. The summed E-state index contributed by atoms with van der Waals surface area (Å²) < 4.78 is 9.93. The fraction of sp³-hybridized carbons (Fsp3) is 0.118.